The van der Waals surface area contributed by atoms with Crippen LogP contribution in [0.4, 0.5) is 4.79 Å². The fraction of sp³-hybridized carbons (Fsp3) is 0.516. The third-order valence-electron chi connectivity index (χ3n) is 7.72. The molecule has 2 aromatic rings. The van der Waals surface area contributed by atoms with E-state index in [1.807, 2.05) is 36.4 Å². The van der Waals surface area contributed by atoms with Gasteiger partial charge in [-0.25, -0.2) is 4.79 Å². The van der Waals surface area contributed by atoms with Gasteiger partial charge in [0.1, 0.15) is 19.7 Å². The number of ether oxygens (including phenoxy) is 5. The molecule has 11 heteroatoms. The normalized spacial score (nSPS) is 20.1. The first-order valence-electron chi connectivity index (χ1n) is 14.6. The van der Waals surface area contributed by atoms with Gasteiger partial charge in [-0.1, -0.05) is 48.5 Å². The van der Waals surface area contributed by atoms with Crippen LogP contribution in [-0.2, 0) is 33.3 Å². The standard InChI is InChI=1S/C31H39N3O8/c35-29-21-34(31(37)42-23-28-26-7-3-1-5-24(26)25-6-2-4-8-27(25)28)22-30(36)33-11-15-40-18-17-38-13-9-32(29)10-14-39-19-20-41-16-12-33/h1-8,28H,9-23H2. The topological polar surface area (TPSA) is 107 Å². The number of hydrogen-bond acceptors (Lipinski definition) is 8. The second kappa shape index (κ2) is 15.1. The minimum atomic E-state index is -0.716. The fourth-order valence-corrected chi connectivity index (χ4v) is 5.46. The Morgan fingerprint density at radius 2 is 1.05 bits per heavy atom. The summed E-state index contributed by atoms with van der Waals surface area (Å²) in [7, 11) is 0. The number of hydrogen-bond donors (Lipinski definition) is 0. The molecule has 226 valence electrons. The zero-order chi connectivity index (χ0) is 29.1. The lowest BCUT2D eigenvalue weighted by Crippen LogP contribution is -2.49. The highest BCUT2D eigenvalue weighted by Gasteiger charge is 2.31. The van der Waals surface area contributed by atoms with Crippen LogP contribution in [0.25, 0.3) is 11.1 Å². The van der Waals surface area contributed by atoms with E-state index < -0.39 is 6.09 Å². The van der Waals surface area contributed by atoms with Crippen LogP contribution in [0.5, 0.6) is 0 Å². The van der Waals surface area contributed by atoms with E-state index >= 15 is 0 Å². The maximum Gasteiger partial charge on any atom is 0.410 e. The van der Waals surface area contributed by atoms with Crippen LogP contribution in [0.2, 0.25) is 0 Å². The summed E-state index contributed by atoms with van der Waals surface area (Å²) in [5.74, 6) is -0.769. The van der Waals surface area contributed by atoms with Crippen molar-refractivity contribution >= 4 is 17.9 Å². The number of benzene rings is 2. The third kappa shape index (κ3) is 7.65. The molecule has 5 rings (SSSR count). The highest BCUT2D eigenvalue weighted by Crippen LogP contribution is 2.44. The Labute approximate surface area is 246 Å². The molecule has 1 aliphatic carbocycles. The van der Waals surface area contributed by atoms with Crippen LogP contribution < -0.4 is 0 Å². The van der Waals surface area contributed by atoms with Crippen molar-refractivity contribution in [1.82, 2.24) is 14.7 Å². The summed E-state index contributed by atoms with van der Waals surface area (Å²) in [5.41, 5.74) is 4.40. The second-order valence-electron chi connectivity index (χ2n) is 10.4. The first-order valence-corrected chi connectivity index (χ1v) is 14.6. The van der Waals surface area contributed by atoms with Crippen LogP contribution in [-0.4, -0.2) is 131 Å². The summed E-state index contributed by atoms with van der Waals surface area (Å²) in [5, 5.41) is 0. The summed E-state index contributed by atoms with van der Waals surface area (Å²) in [6.45, 7) is 3.51. The maximum atomic E-state index is 13.6. The molecule has 11 nitrogen and oxygen atoms in total. The summed E-state index contributed by atoms with van der Waals surface area (Å²) < 4.78 is 28.5. The van der Waals surface area contributed by atoms with Gasteiger partial charge in [0.2, 0.25) is 11.8 Å². The van der Waals surface area contributed by atoms with Crippen molar-refractivity contribution in [3.63, 3.8) is 0 Å². The van der Waals surface area contributed by atoms with E-state index in [1.165, 1.54) is 4.90 Å². The van der Waals surface area contributed by atoms with Crippen LogP contribution >= 0.6 is 0 Å². The number of fused-ring (bicyclic) bond motifs is 9. The Balaban J connectivity index is 1.35. The molecule has 2 aliphatic heterocycles. The quantitative estimate of drug-likeness (QED) is 0.496. The Bertz CT molecular complexity index is 1120. The molecule has 2 bridgehead atoms. The van der Waals surface area contributed by atoms with Gasteiger partial charge < -0.3 is 33.5 Å². The van der Waals surface area contributed by atoms with Gasteiger partial charge in [-0.2, -0.15) is 0 Å². The van der Waals surface area contributed by atoms with Crippen molar-refractivity contribution in [3.05, 3.63) is 59.7 Å². The number of carbonyl (C=O) groups is 3. The van der Waals surface area contributed by atoms with Gasteiger partial charge in [0.15, 0.2) is 0 Å². The van der Waals surface area contributed by atoms with Crippen LogP contribution in [0.1, 0.15) is 17.0 Å². The average Bonchev–Trinajstić information content (AvgIpc) is 3.32. The SMILES string of the molecule is O=C1CN(C(=O)OCC2c3ccccc3-c3ccccc32)CC(=O)N2CCOCCOCCN1CCOCCOCC2. The molecule has 2 aromatic carbocycles. The fourth-order valence-electron chi connectivity index (χ4n) is 5.46. The zero-order valence-corrected chi connectivity index (χ0v) is 23.9. The number of nitrogens with zero attached hydrogens (tertiary/aromatic N) is 3. The molecule has 2 saturated heterocycles. The van der Waals surface area contributed by atoms with Crippen molar-refractivity contribution < 1.29 is 38.1 Å². The van der Waals surface area contributed by atoms with Crippen molar-refractivity contribution in [3.8, 4) is 11.1 Å². The monoisotopic (exact) mass is 581 g/mol. The average molecular weight is 582 g/mol. The van der Waals surface area contributed by atoms with E-state index in [0.29, 0.717) is 79.0 Å². The number of carbonyl (C=O) groups excluding carboxylic acids is 3. The van der Waals surface area contributed by atoms with Crippen molar-refractivity contribution in [2.24, 2.45) is 0 Å². The molecule has 0 unspecified atom stereocenters. The van der Waals surface area contributed by atoms with E-state index in [-0.39, 0.29) is 37.4 Å². The van der Waals surface area contributed by atoms with Crippen LogP contribution in [0.3, 0.4) is 0 Å². The molecule has 0 saturated carbocycles. The molecule has 0 N–H and O–H groups in total. The minimum Gasteiger partial charge on any atom is -0.448 e. The van der Waals surface area contributed by atoms with Gasteiger partial charge in [0.25, 0.3) is 0 Å². The summed E-state index contributed by atoms with van der Waals surface area (Å²) in [4.78, 5) is 44.9. The predicted molar refractivity (Wildman–Crippen MR) is 153 cm³/mol. The molecule has 0 atom stereocenters. The first-order chi connectivity index (χ1) is 20.6. The molecular formula is C31H39N3O8. The molecule has 0 spiro atoms. The molecular weight excluding hydrogens is 542 g/mol. The van der Waals surface area contributed by atoms with Gasteiger partial charge in [0.05, 0.1) is 52.9 Å². The molecule has 42 heavy (non-hydrogen) atoms. The Morgan fingerprint density at radius 3 is 1.48 bits per heavy atom. The van der Waals surface area contributed by atoms with E-state index in [2.05, 4.69) is 12.1 Å². The van der Waals surface area contributed by atoms with E-state index in [1.54, 1.807) is 9.80 Å². The van der Waals surface area contributed by atoms with E-state index in [9.17, 15) is 14.4 Å². The highest BCUT2D eigenvalue weighted by molar-refractivity contribution is 5.87. The maximum absolute atomic E-state index is 13.6. The summed E-state index contributed by atoms with van der Waals surface area (Å²) in [6, 6.07) is 16.2. The number of amides is 3. The van der Waals surface area contributed by atoms with Crippen molar-refractivity contribution in [1.29, 1.82) is 0 Å². The summed E-state index contributed by atoms with van der Waals surface area (Å²) in [6.07, 6.45) is -0.716. The largest absolute Gasteiger partial charge is 0.448 e. The Hall–Kier alpha value is -3.51. The van der Waals surface area contributed by atoms with E-state index in [4.69, 9.17) is 23.7 Å². The van der Waals surface area contributed by atoms with Crippen LogP contribution in [0, 0.1) is 0 Å². The van der Waals surface area contributed by atoms with Gasteiger partial charge >= 0.3 is 6.09 Å². The Kier molecular flexibility index (Phi) is 10.8. The smallest absolute Gasteiger partial charge is 0.410 e. The molecule has 3 amide bonds. The first kappa shape index (κ1) is 30.0. The highest BCUT2D eigenvalue weighted by atomic mass is 16.6. The molecule has 0 aromatic heterocycles. The van der Waals surface area contributed by atoms with E-state index in [0.717, 1.165) is 22.3 Å². The van der Waals surface area contributed by atoms with Crippen molar-refractivity contribution in [2.75, 3.05) is 98.7 Å². The lowest BCUT2D eigenvalue weighted by atomic mass is 9.98. The van der Waals surface area contributed by atoms with Gasteiger partial charge in [-0.05, 0) is 22.3 Å². The van der Waals surface area contributed by atoms with Gasteiger partial charge in [-0.15, -0.1) is 0 Å². The number of rotatable bonds is 2. The lowest BCUT2D eigenvalue weighted by molar-refractivity contribution is -0.136. The third-order valence-corrected chi connectivity index (χ3v) is 7.72. The summed E-state index contributed by atoms with van der Waals surface area (Å²) >= 11 is 0. The molecule has 3 aliphatic rings. The molecule has 2 fully saturated rings. The zero-order valence-electron chi connectivity index (χ0n) is 23.9. The second-order valence-corrected chi connectivity index (χ2v) is 10.4. The van der Waals surface area contributed by atoms with Crippen molar-refractivity contribution in [2.45, 2.75) is 5.92 Å². The van der Waals surface area contributed by atoms with Gasteiger partial charge in [-0.3, -0.25) is 14.5 Å². The predicted octanol–water partition coefficient (Wildman–Crippen LogP) is 1.99. The molecule has 2 heterocycles. The lowest BCUT2D eigenvalue weighted by Gasteiger charge is -2.29. The minimum absolute atomic E-state index is 0.0858. The Morgan fingerprint density at radius 1 is 0.643 bits per heavy atom. The molecule has 0 radical (unpaired) electrons. The van der Waals surface area contributed by atoms with Crippen LogP contribution in [0.15, 0.2) is 48.5 Å². The van der Waals surface area contributed by atoms with Gasteiger partial charge in [0, 0.05) is 32.1 Å².